The summed E-state index contributed by atoms with van der Waals surface area (Å²) >= 11 is 0. The Balaban J connectivity index is 1.94. The summed E-state index contributed by atoms with van der Waals surface area (Å²) in [7, 11) is 0. The van der Waals surface area contributed by atoms with Gasteiger partial charge in [0.1, 0.15) is 48.8 Å². The third kappa shape index (κ3) is 20.9. The molecule has 2 aliphatic heterocycles. The molecule has 14 heteroatoms. The van der Waals surface area contributed by atoms with Gasteiger partial charge in [0.05, 0.1) is 32.0 Å². The number of hydrogen-bond acceptors (Lipinski definition) is 13. The van der Waals surface area contributed by atoms with Crippen LogP contribution in [-0.4, -0.2) is 140 Å². The van der Waals surface area contributed by atoms with Crippen LogP contribution in [0.2, 0.25) is 0 Å². The zero-order valence-electron chi connectivity index (χ0n) is 35.5. The summed E-state index contributed by atoms with van der Waals surface area (Å²) in [4.78, 5) is 13.0. The number of carbonyl (C=O) groups is 1. The molecule has 12 unspecified atom stereocenters. The van der Waals surface area contributed by atoms with Gasteiger partial charge in [-0.3, -0.25) is 4.79 Å². The number of allylic oxidation sites excluding steroid dienone is 9. The van der Waals surface area contributed by atoms with Crippen molar-refractivity contribution < 1.29 is 64.6 Å². The third-order valence-electron chi connectivity index (χ3n) is 10.5. The van der Waals surface area contributed by atoms with Crippen LogP contribution in [0.25, 0.3) is 0 Å². The van der Waals surface area contributed by atoms with Gasteiger partial charge in [0.15, 0.2) is 12.6 Å². The maximum absolute atomic E-state index is 13.0. The first kappa shape index (κ1) is 52.8. The summed E-state index contributed by atoms with van der Waals surface area (Å²) in [6.45, 7) is 2.60. The number of nitrogens with one attached hydrogen (secondary N) is 1. The molecule has 0 radical (unpaired) electrons. The molecule has 59 heavy (non-hydrogen) atoms. The molecule has 2 aliphatic rings. The molecular weight excluding hydrogens is 762 g/mol. The number of carbonyl (C=O) groups excluding carboxylic acids is 1. The van der Waals surface area contributed by atoms with Crippen LogP contribution in [-0.2, 0) is 23.7 Å². The molecule has 2 saturated heterocycles. The van der Waals surface area contributed by atoms with E-state index in [1.807, 2.05) is 12.2 Å². The largest absolute Gasteiger partial charge is 0.394 e. The maximum Gasteiger partial charge on any atom is 0.224 e. The Bertz CT molecular complexity index is 1220. The fourth-order valence-corrected chi connectivity index (χ4v) is 6.89. The fourth-order valence-electron chi connectivity index (χ4n) is 6.89. The monoisotopic (exact) mass is 840 g/mol. The van der Waals surface area contributed by atoms with Gasteiger partial charge in [-0.1, -0.05) is 139 Å². The highest BCUT2D eigenvalue weighted by Crippen LogP contribution is 2.30. The van der Waals surface area contributed by atoms with E-state index >= 15 is 0 Å². The zero-order valence-corrected chi connectivity index (χ0v) is 35.5. The topological polar surface area (TPSA) is 228 Å². The number of amides is 1. The number of aliphatic hydroxyl groups excluding tert-OH is 8. The summed E-state index contributed by atoms with van der Waals surface area (Å²) in [5, 5.41) is 86.3. The molecule has 0 bridgehead atoms. The van der Waals surface area contributed by atoms with E-state index in [0.717, 1.165) is 51.4 Å². The van der Waals surface area contributed by atoms with Crippen LogP contribution in [0.4, 0.5) is 0 Å². The highest BCUT2D eigenvalue weighted by molar-refractivity contribution is 5.77. The SMILES string of the molecule is CC/C=C\C/C=C\C/C=C\C/C=C\C/C=C\CC(=O)NC(COC1OC(CO)C(OC2OC(CO)C(O)C(O)C2O)C(O)C1O)C(O)CCCCCCCCCCCC. The van der Waals surface area contributed by atoms with Crippen molar-refractivity contribution in [3.05, 3.63) is 60.8 Å². The molecular formula is C45H77NO13. The van der Waals surface area contributed by atoms with E-state index < -0.39 is 86.8 Å². The average Bonchev–Trinajstić information content (AvgIpc) is 3.23. The Morgan fingerprint density at radius 2 is 1.10 bits per heavy atom. The lowest BCUT2D eigenvalue weighted by Gasteiger charge is -2.46. The lowest BCUT2D eigenvalue weighted by molar-refractivity contribution is -0.359. The van der Waals surface area contributed by atoms with Crippen molar-refractivity contribution in [2.24, 2.45) is 0 Å². The van der Waals surface area contributed by atoms with Crippen LogP contribution < -0.4 is 5.32 Å². The first-order valence-electron chi connectivity index (χ1n) is 22.0. The molecule has 0 aromatic heterocycles. The van der Waals surface area contributed by atoms with Gasteiger partial charge < -0.3 is 65.1 Å². The number of rotatable bonds is 31. The highest BCUT2D eigenvalue weighted by atomic mass is 16.7. The molecule has 0 saturated carbocycles. The number of hydrogen-bond donors (Lipinski definition) is 9. The smallest absolute Gasteiger partial charge is 0.224 e. The molecule has 2 heterocycles. The Kier molecular flexibility index (Phi) is 29.0. The molecule has 2 rings (SSSR count). The molecule has 0 aromatic carbocycles. The van der Waals surface area contributed by atoms with Crippen LogP contribution >= 0.6 is 0 Å². The molecule has 0 aromatic rings. The summed E-state index contributed by atoms with van der Waals surface area (Å²) in [5.41, 5.74) is 0. The van der Waals surface area contributed by atoms with E-state index in [4.69, 9.17) is 18.9 Å². The summed E-state index contributed by atoms with van der Waals surface area (Å²) in [6.07, 6.45) is 19.8. The van der Waals surface area contributed by atoms with Gasteiger partial charge in [-0.05, 0) is 38.5 Å². The van der Waals surface area contributed by atoms with Gasteiger partial charge >= 0.3 is 0 Å². The standard InChI is InChI=1S/C45H77NO13/c1-3-5-7-9-11-13-15-16-17-18-19-21-23-25-27-29-37(50)46-33(34(49)28-26-24-22-20-14-12-10-8-6-4-2)32-56-44-42(55)40(53)43(36(31-48)58-44)59-45-41(54)39(52)38(51)35(30-47)57-45/h5,7,11,13,16-17,19,21,25,27,33-36,38-45,47-49,51-55H,3-4,6,8-10,12,14-15,18,20,22-24,26,28-32H2,1-2H3,(H,46,50)/b7-5-,13-11-,17-16-,21-19-,27-25-. The van der Waals surface area contributed by atoms with Crippen LogP contribution in [0.1, 0.15) is 123 Å². The third-order valence-corrected chi connectivity index (χ3v) is 10.5. The van der Waals surface area contributed by atoms with Crippen molar-refractivity contribution in [1.82, 2.24) is 5.32 Å². The first-order valence-corrected chi connectivity index (χ1v) is 22.0. The second-order valence-corrected chi connectivity index (χ2v) is 15.5. The Morgan fingerprint density at radius 3 is 1.64 bits per heavy atom. The first-order chi connectivity index (χ1) is 28.6. The van der Waals surface area contributed by atoms with Gasteiger partial charge in [-0.2, -0.15) is 0 Å². The Labute approximate surface area is 352 Å². The van der Waals surface area contributed by atoms with Crippen molar-refractivity contribution in [3.63, 3.8) is 0 Å². The van der Waals surface area contributed by atoms with E-state index in [1.165, 1.54) is 38.5 Å². The van der Waals surface area contributed by atoms with E-state index in [-0.39, 0.29) is 18.9 Å². The van der Waals surface area contributed by atoms with Crippen molar-refractivity contribution >= 4 is 5.91 Å². The van der Waals surface area contributed by atoms with Crippen molar-refractivity contribution in [2.75, 3.05) is 19.8 Å². The van der Waals surface area contributed by atoms with Gasteiger partial charge in [-0.25, -0.2) is 0 Å². The molecule has 2 fully saturated rings. The molecule has 9 N–H and O–H groups in total. The number of aliphatic hydroxyl groups is 8. The quantitative estimate of drug-likeness (QED) is 0.0357. The lowest BCUT2D eigenvalue weighted by atomic mass is 9.97. The van der Waals surface area contributed by atoms with E-state index in [9.17, 15) is 45.6 Å². The minimum absolute atomic E-state index is 0.0693. The van der Waals surface area contributed by atoms with E-state index in [0.29, 0.717) is 12.8 Å². The van der Waals surface area contributed by atoms with Gasteiger partial charge in [0, 0.05) is 6.42 Å². The second kappa shape index (κ2) is 32.4. The predicted octanol–water partition coefficient (Wildman–Crippen LogP) is 3.93. The highest BCUT2D eigenvalue weighted by Gasteiger charge is 2.50. The summed E-state index contributed by atoms with van der Waals surface area (Å²) < 4.78 is 22.6. The van der Waals surface area contributed by atoms with Crippen molar-refractivity contribution in [3.8, 4) is 0 Å². The molecule has 1 amide bonds. The summed E-state index contributed by atoms with van der Waals surface area (Å²) in [6, 6.07) is -0.882. The maximum atomic E-state index is 13.0. The molecule has 340 valence electrons. The average molecular weight is 840 g/mol. The Morgan fingerprint density at radius 1 is 0.610 bits per heavy atom. The van der Waals surface area contributed by atoms with Crippen LogP contribution in [0.3, 0.4) is 0 Å². The molecule has 0 aliphatic carbocycles. The predicted molar refractivity (Wildman–Crippen MR) is 226 cm³/mol. The molecule has 12 atom stereocenters. The van der Waals surface area contributed by atoms with Crippen molar-refractivity contribution in [2.45, 2.75) is 197 Å². The normalized spacial score (nSPS) is 29.1. The van der Waals surface area contributed by atoms with Gasteiger partial charge in [0.2, 0.25) is 5.91 Å². The lowest BCUT2D eigenvalue weighted by Crippen LogP contribution is -2.65. The second-order valence-electron chi connectivity index (χ2n) is 15.5. The van der Waals surface area contributed by atoms with Gasteiger partial charge in [0.25, 0.3) is 0 Å². The van der Waals surface area contributed by atoms with Crippen LogP contribution in [0.5, 0.6) is 0 Å². The Hall–Kier alpha value is -2.31. The number of unbranched alkanes of at least 4 members (excludes halogenated alkanes) is 9. The van der Waals surface area contributed by atoms with Crippen LogP contribution in [0.15, 0.2) is 60.8 Å². The van der Waals surface area contributed by atoms with Gasteiger partial charge in [-0.15, -0.1) is 0 Å². The van der Waals surface area contributed by atoms with Crippen LogP contribution in [0, 0.1) is 0 Å². The minimum Gasteiger partial charge on any atom is -0.394 e. The van der Waals surface area contributed by atoms with Crippen molar-refractivity contribution in [1.29, 1.82) is 0 Å². The minimum atomic E-state index is -1.79. The molecule has 14 nitrogen and oxygen atoms in total. The van der Waals surface area contributed by atoms with E-state index in [1.54, 1.807) is 6.08 Å². The molecule has 0 spiro atoms. The zero-order chi connectivity index (χ0) is 43.3. The van der Waals surface area contributed by atoms with E-state index in [2.05, 4.69) is 61.7 Å². The number of ether oxygens (including phenoxy) is 4. The summed E-state index contributed by atoms with van der Waals surface area (Å²) in [5.74, 6) is -0.339. The fraction of sp³-hybridized carbons (Fsp3) is 0.756.